The van der Waals surface area contributed by atoms with Gasteiger partial charge in [-0.25, -0.2) is 14.5 Å². The Morgan fingerprint density at radius 3 is 3.00 bits per heavy atom. The van der Waals surface area contributed by atoms with Crippen molar-refractivity contribution in [3.63, 3.8) is 0 Å². The standard InChI is InChI=1S/C11H15N3O3/c1-2-17-11(16)9-12-10-8(15)5-7(6-3-4-6)14(10)13-9/h6-8,15H,2-5H2,1H3/t7-,8-/m0/s1. The number of carbonyl (C=O) groups excluding carboxylic acids is 1. The van der Waals surface area contributed by atoms with Gasteiger partial charge >= 0.3 is 5.97 Å². The molecule has 1 aliphatic heterocycles. The number of esters is 1. The van der Waals surface area contributed by atoms with E-state index in [1.54, 1.807) is 11.6 Å². The smallest absolute Gasteiger partial charge is 0.378 e. The summed E-state index contributed by atoms with van der Waals surface area (Å²) in [5.74, 6) is 0.634. The number of aliphatic hydroxyl groups is 1. The molecule has 0 bridgehead atoms. The first-order valence-corrected chi connectivity index (χ1v) is 6.02. The summed E-state index contributed by atoms with van der Waals surface area (Å²) in [4.78, 5) is 15.6. The Balaban J connectivity index is 1.89. The minimum Gasteiger partial charge on any atom is -0.460 e. The molecule has 0 unspecified atom stereocenters. The number of fused-ring (bicyclic) bond motifs is 1. The molecule has 0 amide bonds. The van der Waals surface area contributed by atoms with E-state index in [1.165, 1.54) is 12.8 Å². The highest BCUT2D eigenvalue weighted by Crippen LogP contribution is 2.47. The van der Waals surface area contributed by atoms with Crippen LogP contribution in [0.25, 0.3) is 0 Å². The molecule has 2 aliphatic rings. The summed E-state index contributed by atoms with van der Waals surface area (Å²) in [7, 11) is 0. The first kappa shape index (κ1) is 10.7. The van der Waals surface area contributed by atoms with Crippen molar-refractivity contribution in [2.24, 2.45) is 5.92 Å². The molecule has 0 radical (unpaired) electrons. The van der Waals surface area contributed by atoms with E-state index in [2.05, 4.69) is 10.1 Å². The lowest BCUT2D eigenvalue weighted by Gasteiger charge is -2.08. The van der Waals surface area contributed by atoms with Crippen LogP contribution >= 0.6 is 0 Å². The summed E-state index contributed by atoms with van der Waals surface area (Å²) in [6, 6.07) is 0.204. The average Bonchev–Trinajstić information content (AvgIpc) is 2.95. The van der Waals surface area contributed by atoms with Gasteiger partial charge < -0.3 is 9.84 Å². The Kier molecular flexibility index (Phi) is 2.39. The summed E-state index contributed by atoms with van der Waals surface area (Å²) in [5, 5.41) is 14.1. The maximum Gasteiger partial charge on any atom is 0.378 e. The molecular weight excluding hydrogens is 222 g/mol. The molecule has 3 rings (SSSR count). The molecule has 1 fully saturated rings. The van der Waals surface area contributed by atoms with Gasteiger partial charge in [-0.1, -0.05) is 0 Å². The van der Waals surface area contributed by atoms with Crippen LogP contribution in [-0.4, -0.2) is 32.4 Å². The van der Waals surface area contributed by atoms with Gasteiger partial charge in [0, 0.05) is 6.42 Å². The number of ether oxygens (including phenoxy) is 1. The van der Waals surface area contributed by atoms with E-state index in [4.69, 9.17) is 4.74 Å². The fourth-order valence-electron chi connectivity index (χ4n) is 2.40. The minimum atomic E-state index is -0.601. The van der Waals surface area contributed by atoms with Crippen LogP contribution in [0, 0.1) is 5.92 Å². The lowest BCUT2D eigenvalue weighted by molar-refractivity contribution is 0.0510. The molecule has 0 spiro atoms. The highest BCUT2D eigenvalue weighted by atomic mass is 16.5. The average molecular weight is 237 g/mol. The largest absolute Gasteiger partial charge is 0.460 e. The lowest BCUT2D eigenvalue weighted by atomic mass is 10.1. The molecule has 92 valence electrons. The van der Waals surface area contributed by atoms with E-state index in [-0.39, 0.29) is 11.9 Å². The number of carbonyl (C=O) groups is 1. The molecule has 0 saturated heterocycles. The van der Waals surface area contributed by atoms with Gasteiger partial charge in [0.1, 0.15) is 6.10 Å². The van der Waals surface area contributed by atoms with Crippen LogP contribution in [0.3, 0.4) is 0 Å². The first-order valence-electron chi connectivity index (χ1n) is 6.02. The number of hydrogen-bond acceptors (Lipinski definition) is 5. The summed E-state index contributed by atoms with van der Waals surface area (Å²) < 4.78 is 6.57. The topological polar surface area (TPSA) is 77.2 Å². The summed E-state index contributed by atoms with van der Waals surface area (Å²) in [5.41, 5.74) is 0. The highest BCUT2D eigenvalue weighted by Gasteiger charge is 2.42. The quantitative estimate of drug-likeness (QED) is 0.788. The number of nitrogens with zero attached hydrogens (tertiary/aromatic N) is 3. The van der Waals surface area contributed by atoms with E-state index in [0.717, 1.165) is 0 Å². The second-order valence-corrected chi connectivity index (χ2v) is 4.61. The molecule has 2 atom stereocenters. The summed E-state index contributed by atoms with van der Waals surface area (Å²) >= 11 is 0. The third-order valence-corrected chi connectivity index (χ3v) is 3.36. The number of aromatic nitrogens is 3. The van der Waals surface area contributed by atoms with Gasteiger partial charge in [-0.15, -0.1) is 5.10 Å². The van der Waals surface area contributed by atoms with Crippen molar-refractivity contribution >= 4 is 5.97 Å². The van der Waals surface area contributed by atoms with E-state index in [1.807, 2.05) is 0 Å². The van der Waals surface area contributed by atoms with Gasteiger partial charge in [-0.2, -0.15) is 0 Å². The van der Waals surface area contributed by atoms with Crippen LogP contribution in [-0.2, 0) is 4.74 Å². The Bertz CT molecular complexity index is 453. The molecule has 1 saturated carbocycles. The van der Waals surface area contributed by atoms with Crippen LogP contribution in [0.1, 0.15) is 54.8 Å². The van der Waals surface area contributed by atoms with Gasteiger partial charge in [0.05, 0.1) is 12.6 Å². The van der Waals surface area contributed by atoms with E-state index >= 15 is 0 Å². The Hall–Kier alpha value is -1.43. The highest BCUT2D eigenvalue weighted by molar-refractivity contribution is 5.85. The van der Waals surface area contributed by atoms with Crippen molar-refractivity contribution in [3.05, 3.63) is 11.6 Å². The Labute approximate surface area is 98.6 Å². The van der Waals surface area contributed by atoms with E-state index in [9.17, 15) is 9.90 Å². The van der Waals surface area contributed by atoms with E-state index < -0.39 is 12.1 Å². The van der Waals surface area contributed by atoms with Crippen LogP contribution < -0.4 is 0 Å². The van der Waals surface area contributed by atoms with Crippen LogP contribution in [0.5, 0.6) is 0 Å². The molecule has 6 heteroatoms. The predicted octanol–water partition coefficient (Wildman–Crippen LogP) is 0.843. The Morgan fingerprint density at radius 2 is 2.35 bits per heavy atom. The fraction of sp³-hybridized carbons (Fsp3) is 0.727. The first-order chi connectivity index (χ1) is 8.20. The molecule has 1 aliphatic carbocycles. The molecule has 17 heavy (non-hydrogen) atoms. The number of rotatable bonds is 3. The molecule has 1 aromatic heterocycles. The monoisotopic (exact) mass is 237 g/mol. The zero-order valence-electron chi connectivity index (χ0n) is 9.67. The SMILES string of the molecule is CCOC(=O)c1nc2n(n1)[C@H](C1CC1)C[C@@H]2O. The van der Waals surface area contributed by atoms with Crippen molar-refractivity contribution in [2.75, 3.05) is 6.61 Å². The molecule has 2 heterocycles. The van der Waals surface area contributed by atoms with Gasteiger partial charge in [0.15, 0.2) is 5.82 Å². The third-order valence-electron chi connectivity index (χ3n) is 3.36. The van der Waals surface area contributed by atoms with Crippen molar-refractivity contribution in [1.82, 2.24) is 14.8 Å². The van der Waals surface area contributed by atoms with Crippen LogP contribution in [0.4, 0.5) is 0 Å². The van der Waals surface area contributed by atoms with Crippen LogP contribution in [0.15, 0.2) is 0 Å². The number of aliphatic hydroxyl groups excluding tert-OH is 1. The van der Waals surface area contributed by atoms with Gasteiger partial charge in [-0.3, -0.25) is 0 Å². The van der Waals surface area contributed by atoms with Crippen LogP contribution in [0.2, 0.25) is 0 Å². The molecule has 1 N–H and O–H groups in total. The molecule has 1 aromatic rings. The van der Waals surface area contributed by atoms with Crippen molar-refractivity contribution < 1.29 is 14.6 Å². The van der Waals surface area contributed by atoms with E-state index in [0.29, 0.717) is 24.8 Å². The zero-order valence-corrected chi connectivity index (χ0v) is 9.67. The molecular formula is C11H15N3O3. The van der Waals surface area contributed by atoms with Crippen molar-refractivity contribution in [1.29, 1.82) is 0 Å². The maximum atomic E-state index is 11.5. The summed E-state index contributed by atoms with van der Waals surface area (Å²) in [6.07, 6.45) is 2.41. The van der Waals surface area contributed by atoms with Gasteiger partial charge in [0.2, 0.25) is 0 Å². The minimum absolute atomic E-state index is 0.0613. The molecule has 0 aromatic carbocycles. The second-order valence-electron chi connectivity index (χ2n) is 4.61. The second kappa shape index (κ2) is 3.80. The third kappa shape index (κ3) is 1.72. The number of hydrogen-bond donors (Lipinski definition) is 1. The molecule has 6 nitrogen and oxygen atoms in total. The normalized spacial score (nSPS) is 26.9. The predicted molar refractivity (Wildman–Crippen MR) is 57.3 cm³/mol. The fourth-order valence-corrected chi connectivity index (χ4v) is 2.40. The summed E-state index contributed by atoms with van der Waals surface area (Å²) in [6.45, 7) is 2.04. The maximum absolute atomic E-state index is 11.5. The lowest BCUT2D eigenvalue weighted by Crippen LogP contribution is -2.11. The van der Waals surface area contributed by atoms with Crippen molar-refractivity contribution in [3.8, 4) is 0 Å². The van der Waals surface area contributed by atoms with Gasteiger partial charge in [0.25, 0.3) is 5.82 Å². The van der Waals surface area contributed by atoms with Gasteiger partial charge in [-0.05, 0) is 25.7 Å². The zero-order chi connectivity index (χ0) is 12.0. The van der Waals surface area contributed by atoms with Crippen molar-refractivity contribution in [2.45, 2.75) is 38.3 Å². The Morgan fingerprint density at radius 1 is 1.59 bits per heavy atom.